The molecule has 1 saturated carbocycles. The first-order valence-corrected chi connectivity index (χ1v) is 14.5. The zero-order valence-corrected chi connectivity index (χ0v) is 24.6. The maximum atomic E-state index is 12.7. The first kappa shape index (κ1) is 30.0. The maximum absolute atomic E-state index is 12.7. The normalized spacial score (nSPS) is 22.2. The summed E-state index contributed by atoms with van der Waals surface area (Å²) in [5.74, 6) is 1.18. The Morgan fingerprint density at radius 1 is 0.952 bits per heavy atom. The molecule has 1 aliphatic heterocycles. The lowest BCUT2D eigenvalue weighted by atomic mass is 9.65. The Kier molecular flexibility index (Phi) is 9.13. The summed E-state index contributed by atoms with van der Waals surface area (Å²) in [5.41, 5.74) is 3.20. The predicted octanol–water partition coefficient (Wildman–Crippen LogP) is 6.33. The van der Waals surface area contributed by atoms with E-state index in [1.807, 2.05) is 24.3 Å². The van der Waals surface area contributed by atoms with Gasteiger partial charge in [0.1, 0.15) is 5.75 Å². The summed E-state index contributed by atoms with van der Waals surface area (Å²) in [5, 5.41) is 7.51. The Morgan fingerprint density at radius 2 is 1.69 bits per heavy atom. The molecule has 1 aliphatic carbocycles. The van der Waals surface area contributed by atoms with Crippen molar-refractivity contribution in [1.29, 1.82) is 0 Å². The summed E-state index contributed by atoms with van der Waals surface area (Å²) < 4.78 is 53.2. The van der Waals surface area contributed by atoms with Gasteiger partial charge >= 0.3 is 6.36 Å². The van der Waals surface area contributed by atoms with Gasteiger partial charge in [-0.3, -0.25) is 4.90 Å². The van der Waals surface area contributed by atoms with E-state index in [2.05, 4.69) is 44.5 Å². The van der Waals surface area contributed by atoms with Crippen LogP contribution < -0.4 is 24.8 Å². The second-order valence-corrected chi connectivity index (χ2v) is 11.3. The van der Waals surface area contributed by atoms with Crippen molar-refractivity contribution < 1.29 is 27.4 Å². The molecule has 3 aromatic rings. The largest absolute Gasteiger partial charge is 0.573 e. The molecule has 0 amide bonds. The summed E-state index contributed by atoms with van der Waals surface area (Å²) in [4.78, 5) is 2.45. The van der Waals surface area contributed by atoms with Crippen LogP contribution in [0, 0.1) is 0 Å². The topological polar surface area (TPSA) is 55.0 Å². The highest BCUT2D eigenvalue weighted by Gasteiger charge is 2.51. The number of methoxy groups -OCH3 is 2. The molecular weight excluding hydrogens is 563 g/mol. The third kappa shape index (κ3) is 6.93. The lowest BCUT2D eigenvalue weighted by Gasteiger charge is -2.46. The molecule has 10 heteroatoms. The van der Waals surface area contributed by atoms with Crippen LogP contribution in [0.3, 0.4) is 0 Å². The van der Waals surface area contributed by atoms with Gasteiger partial charge in [-0.05, 0) is 85.4 Å². The molecule has 1 saturated heterocycles. The first-order valence-electron chi connectivity index (χ1n) is 14.1. The third-order valence-electron chi connectivity index (χ3n) is 8.50. The molecule has 2 fully saturated rings. The van der Waals surface area contributed by atoms with E-state index in [1.54, 1.807) is 26.4 Å². The summed E-state index contributed by atoms with van der Waals surface area (Å²) in [6.07, 6.45) is -0.963. The van der Waals surface area contributed by atoms with Crippen LogP contribution in [0.25, 0.3) is 0 Å². The van der Waals surface area contributed by atoms with Gasteiger partial charge in [-0.1, -0.05) is 48.5 Å². The van der Waals surface area contributed by atoms with E-state index in [1.165, 1.54) is 17.7 Å². The number of thiocarbonyl (C=S) groups is 1. The van der Waals surface area contributed by atoms with Crippen molar-refractivity contribution in [3.63, 3.8) is 0 Å². The van der Waals surface area contributed by atoms with E-state index in [0.29, 0.717) is 29.7 Å². The second-order valence-electron chi connectivity index (χ2n) is 10.9. The number of hydrogen-bond donors (Lipinski definition) is 2. The molecule has 6 nitrogen and oxygen atoms in total. The van der Waals surface area contributed by atoms with Gasteiger partial charge in [-0.15, -0.1) is 13.2 Å². The minimum absolute atomic E-state index is 0.101. The number of rotatable bonds is 9. The van der Waals surface area contributed by atoms with Crippen molar-refractivity contribution in [1.82, 2.24) is 15.5 Å². The highest BCUT2D eigenvalue weighted by Crippen LogP contribution is 2.50. The Hall–Kier alpha value is -3.50. The Balaban J connectivity index is 1.34. The molecule has 224 valence electrons. The molecule has 3 aromatic carbocycles. The highest BCUT2D eigenvalue weighted by atomic mass is 32.1. The van der Waals surface area contributed by atoms with Gasteiger partial charge in [-0.25, -0.2) is 0 Å². The molecule has 0 aromatic heterocycles. The predicted molar refractivity (Wildman–Crippen MR) is 160 cm³/mol. The molecular formula is C32H36F3N3O3S. The van der Waals surface area contributed by atoms with Crippen LogP contribution in [0.15, 0.2) is 72.8 Å². The zero-order chi connectivity index (χ0) is 29.7. The van der Waals surface area contributed by atoms with Gasteiger partial charge in [0, 0.05) is 30.6 Å². The van der Waals surface area contributed by atoms with Crippen LogP contribution >= 0.6 is 12.2 Å². The fraction of sp³-hybridized carbons (Fsp3) is 0.406. The zero-order valence-electron chi connectivity index (χ0n) is 23.7. The van der Waals surface area contributed by atoms with Crippen LogP contribution in [-0.4, -0.2) is 49.2 Å². The number of hydrogen-bond acceptors (Lipinski definition) is 5. The number of nitrogens with one attached hydrogen (secondary N) is 2. The van der Waals surface area contributed by atoms with Crippen molar-refractivity contribution in [3.8, 4) is 17.2 Å². The molecule has 3 unspecified atom stereocenters. The standard InChI is InChI=1S/C32H36F3N3O3S/c1-39-27-13-10-24(18-28(27)40-2)31-15-14-25(37-30(42)36-20-22-6-4-3-5-7-22)19-29(31)38(17-16-31)21-23-8-11-26(12-9-23)41-32(33,34)35/h3-13,18,25,29H,14-17,19-21H2,1-2H3,(H2,36,37,42). The quantitative estimate of drug-likeness (QED) is 0.279. The average Bonchev–Trinajstić information content (AvgIpc) is 3.35. The van der Waals surface area contributed by atoms with Crippen LogP contribution in [0.2, 0.25) is 0 Å². The number of halogens is 3. The molecule has 0 bridgehead atoms. The van der Waals surface area contributed by atoms with Gasteiger partial charge in [0.25, 0.3) is 0 Å². The molecule has 1 heterocycles. The van der Waals surface area contributed by atoms with E-state index < -0.39 is 6.36 Å². The molecule has 2 N–H and O–H groups in total. The monoisotopic (exact) mass is 599 g/mol. The summed E-state index contributed by atoms with van der Waals surface area (Å²) in [6.45, 7) is 2.14. The van der Waals surface area contributed by atoms with Gasteiger partial charge in [-0.2, -0.15) is 0 Å². The molecule has 42 heavy (non-hydrogen) atoms. The number of alkyl halides is 3. The number of fused-ring (bicyclic) bond motifs is 1. The molecule has 3 atom stereocenters. The number of ether oxygens (including phenoxy) is 3. The number of benzene rings is 3. The van der Waals surface area contributed by atoms with E-state index in [4.69, 9.17) is 21.7 Å². The minimum atomic E-state index is -4.71. The summed E-state index contributed by atoms with van der Waals surface area (Å²) in [7, 11) is 3.28. The smallest absolute Gasteiger partial charge is 0.493 e. The van der Waals surface area contributed by atoms with Gasteiger partial charge in [0.15, 0.2) is 16.6 Å². The van der Waals surface area contributed by atoms with Gasteiger partial charge in [0.2, 0.25) is 0 Å². The van der Waals surface area contributed by atoms with Crippen LogP contribution in [-0.2, 0) is 18.5 Å². The van der Waals surface area contributed by atoms with Crippen molar-refractivity contribution in [2.24, 2.45) is 0 Å². The lowest BCUT2D eigenvalue weighted by molar-refractivity contribution is -0.274. The van der Waals surface area contributed by atoms with Crippen molar-refractivity contribution >= 4 is 17.3 Å². The SMILES string of the molecule is COc1ccc(C23CCC(NC(=S)NCc4ccccc4)CC2N(Cc2ccc(OC(F)(F)F)cc2)CC3)cc1OC. The summed E-state index contributed by atoms with van der Waals surface area (Å²) in [6, 6.07) is 22.9. The van der Waals surface area contributed by atoms with Gasteiger partial charge < -0.3 is 24.8 Å². The third-order valence-corrected chi connectivity index (χ3v) is 8.76. The highest BCUT2D eigenvalue weighted by molar-refractivity contribution is 7.80. The van der Waals surface area contributed by atoms with E-state index in [-0.39, 0.29) is 23.2 Å². The maximum Gasteiger partial charge on any atom is 0.573 e. The van der Waals surface area contributed by atoms with Crippen LogP contribution in [0.1, 0.15) is 42.4 Å². The van der Waals surface area contributed by atoms with Crippen LogP contribution in [0.5, 0.6) is 17.2 Å². The van der Waals surface area contributed by atoms with Crippen molar-refractivity contribution in [3.05, 3.63) is 89.5 Å². The average molecular weight is 600 g/mol. The minimum Gasteiger partial charge on any atom is -0.493 e. The first-order chi connectivity index (χ1) is 20.2. The Morgan fingerprint density at radius 3 is 2.38 bits per heavy atom. The molecule has 0 radical (unpaired) electrons. The lowest BCUT2D eigenvalue weighted by Crippen LogP contribution is -2.53. The number of nitrogens with zero attached hydrogens (tertiary/aromatic N) is 1. The molecule has 0 spiro atoms. The Labute approximate surface area is 250 Å². The fourth-order valence-corrected chi connectivity index (χ4v) is 6.73. The van der Waals surface area contributed by atoms with Crippen LogP contribution in [0.4, 0.5) is 13.2 Å². The fourth-order valence-electron chi connectivity index (χ4n) is 6.49. The summed E-state index contributed by atoms with van der Waals surface area (Å²) >= 11 is 5.66. The Bertz CT molecular complexity index is 1360. The number of likely N-dealkylation sites (tertiary alicyclic amines) is 1. The second kappa shape index (κ2) is 12.8. The van der Waals surface area contributed by atoms with Gasteiger partial charge in [0.05, 0.1) is 14.2 Å². The molecule has 5 rings (SSSR count). The molecule has 2 aliphatic rings. The van der Waals surface area contributed by atoms with Crippen molar-refractivity contribution in [2.75, 3.05) is 20.8 Å². The van der Waals surface area contributed by atoms with E-state index in [9.17, 15) is 13.2 Å². The van der Waals surface area contributed by atoms with Crippen molar-refractivity contribution in [2.45, 2.75) is 62.6 Å². The van der Waals surface area contributed by atoms with E-state index >= 15 is 0 Å². The van der Waals surface area contributed by atoms with E-state index in [0.717, 1.165) is 43.4 Å².